The molecule has 2 heterocycles. The Morgan fingerprint density at radius 1 is 1.37 bits per heavy atom. The third-order valence-corrected chi connectivity index (χ3v) is 4.35. The van der Waals surface area contributed by atoms with E-state index >= 15 is 0 Å². The molecule has 1 N–H and O–H groups in total. The largest absolute Gasteiger partial charge is 0.332 e. The molecule has 96 valence electrons. The Morgan fingerprint density at radius 3 is 2.89 bits per heavy atom. The van der Waals surface area contributed by atoms with E-state index in [1.54, 1.807) is 15.9 Å². The molecule has 0 aliphatic rings. The van der Waals surface area contributed by atoms with Crippen LogP contribution in [0.15, 0.2) is 40.5 Å². The summed E-state index contributed by atoms with van der Waals surface area (Å²) in [6.45, 7) is 2.49. The number of fused-ring (bicyclic) bond motifs is 1. The van der Waals surface area contributed by atoms with Crippen molar-refractivity contribution < 1.29 is 0 Å². The molecule has 0 spiro atoms. The fourth-order valence-corrected chi connectivity index (χ4v) is 3.18. The van der Waals surface area contributed by atoms with Gasteiger partial charge in [0.25, 0.3) is 5.56 Å². The van der Waals surface area contributed by atoms with E-state index in [2.05, 4.69) is 11.1 Å². The maximum absolute atomic E-state index is 12.4. The van der Waals surface area contributed by atoms with Crippen molar-refractivity contribution in [2.75, 3.05) is 0 Å². The van der Waals surface area contributed by atoms with Crippen LogP contribution < -0.4 is 5.56 Å². The lowest BCUT2D eigenvalue weighted by Gasteiger charge is -2.06. The van der Waals surface area contributed by atoms with Gasteiger partial charge in [-0.3, -0.25) is 9.36 Å². The van der Waals surface area contributed by atoms with E-state index in [0.717, 1.165) is 16.0 Å². The molecule has 19 heavy (non-hydrogen) atoms. The zero-order chi connectivity index (χ0) is 13.4. The number of benzene rings is 1. The molecule has 1 aromatic carbocycles. The van der Waals surface area contributed by atoms with Crippen molar-refractivity contribution in [1.29, 1.82) is 0 Å². The van der Waals surface area contributed by atoms with Crippen LogP contribution in [-0.4, -0.2) is 9.55 Å². The number of hydrogen-bond acceptors (Lipinski definition) is 3. The van der Waals surface area contributed by atoms with Crippen molar-refractivity contribution in [2.24, 2.45) is 0 Å². The van der Waals surface area contributed by atoms with E-state index in [9.17, 15) is 4.79 Å². The summed E-state index contributed by atoms with van der Waals surface area (Å²) in [7, 11) is 0. The van der Waals surface area contributed by atoms with Crippen molar-refractivity contribution in [2.45, 2.75) is 13.5 Å². The first-order chi connectivity index (χ1) is 9.20. The summed E-state index contributed by atoms with van der Waals surface area (Å²) >= 11 is 6.85. The van der Waals surface area contributed by atoms with Gasteiger partial charge in [0.05, 0.1) is 10.9 Å². The number of nitrogens with zero attached hydrogens (tertiary/aromatic N) is 1. The smallest absolute Gasteiger partial charge is 0.262 e. The third kappa shape index (κ3) is 2.05. The van der Waals surface area contributed by atoms with Crippen LogP contribution in [0.3, 0.4) is 0 Å². The predicted octanol–water partition coefficient (Wildman–Crippen LogP) is 3.81. The second kappa shape index (κ2) is 4.75. The molecule has 0 bridgehead atoms. The molecule has 0 saturated carbocycles. The maximum atomic E-state index is 12.4. The second-order valence-electron chi connectivity index (χ2n) is 4.22. The van der Waals surface area contributed by atoms with E-state index in [1.807, 2.05) is 36.6 Å². The van der Waals surface area contributed by atoms with Gasteiger partial charge >= 0.3 is 0 Å². The third-order valence-electron chi connectivity index (χ3n) is 3.10. The number of aromatic nitrogens is 2. The normalized spacial score (nSPS) is 11.0. The maximum Gasteiger partial charge on any atom is 0.262 e. The molecule has 0 radical (unpaired) electrons. The van der Waals surface area contributed by atoms with Gasteiger partial charge in [-0.05, 0) is 48.3 Å². The summed E-state index contributed by atoms with van der Waals surface area (Å²) in [6, 6.07) is 9.92. The van der Waals surface area contributed by atoms with Gasteiger partial charge in [-0.15, -0.1) is 11.3 Å². The lowest BCUT2D eigenvalue weighted by molar-refractivity contribution is 0.705. The van der Waals surface area contributed by atoms with Crippen LogP contribution in [0.5, 0.6) is 0 Å². The topological polar surface area (TPSA) is 37.8 Å². The minimum atomic E-state index is -0.0281. The number of nitrogens with one attached hydrogen (secondary N) is 1. The fraction of sp³-hybridized carbons (Fsp3) is 0.143. The minimum absolute atomic E-state index is 0.0281. The first kappa shape index (κ1) is 12.3. The van der Waals surface area contributed by atoms with Crippen molar-refractivity contribution in [1.82, 2.24) is 9.55 Å². The molecule has 5 heteroatoms. The summed E-state index contributed by atoms with van der Waals surface area (Å²) in [4.78, 5) is 16.6. The van der Waals surface area contributed by atoms with Gasteiger partial charge in [-0.2, -0.15) is 0 Å². The van der Waals surface area contributed by atoms with Crippen LogP contribution in [0.2, 0.25) is 0 Å². The zero-order valence-corrected chi connectivity index (χ0v) is 12.0. The number of H-pyrrole nitrogens is 1. The molecule has 0 amide bonds. The van der Waals surface area contributed by atoms with Crippen molar-refractivity contribution in [3.8, 4) is 10.4 Å². The van der Waals surface area contributed by atoms with Gasteiger partial charge in [-0.25, -0.2) is 0 Å². The first-order valence-electron chi connectivity index (χ1n) is 6.01. The highest BCUT2D eigenvalue weighted by Gasteiger charge is 2.06. The summed E-state index contributed by atoms with van der Waals surface area (Å²) < 4.78 is 2.06. The Bertz CT molecular complexity index is 844. The fourth-order valence-electron chi connectivity index (χ4n) is 2.13. The summed E-state index contributed by atoms with van der Waals surface area (Å²) in [5, 5.41) is 2.71. The molecule has 3 aromatic rings. The van der Waals surface area contributed by atoms with Gasteiger partial charge < -0.3 is 4.98 Å². The minimum Gasteiger partial charge on any atom is -0.332 e. The quantitative estimate of drug-likeness (QED) is 0.728. The lowest BCUT2D eigenvalue weighted by Crippen LogP contribution is -2.21. The van der Waals surface area contributed by atoms with E-state index in [1.165, 1.54) is 0 Å². The second-order valence-corrected chi connectivity index (χ2v) is 5.55. The number of hydrogen-bond donors (Lipinski definition) is 1. The van der Waals surface area contributed by atoms with Crippen LogP contribution in [0.25, 0.3) is 21.3 Å². The summed E-state index contributed by atoms with van der Waals surface area (Å²) in [5.74, 6) is 0. The molecule has 3 nitrogen and oxygen atoms in total. The van der Waals surface area contributed by atoms with Crippen LogP contribution in [0.1, 0.15) is 6.92 Å². The highest BCUT2D eigenvalue weighted by Crippen LogP contribution is 2.26. The van der Waals surface area contributed by atoms with Crippen molar-refractivity contribution in [3.63, 3.8) is 0 Å². The van der Waals surface area contributed by atoms with Gasteiger partial charge in [-0.1, -0.05) is 12.1 Å². The van der Waals surface area contributed by atoms with Crippen LogP contribution in [0, 0.1) is 4.77 Å². The Hall–Kier alpha value is -1.72. The molecule has 0 atom stereocenters. The molecule has 0 fully saturated rings. The molecule has 0 saturated heterocycles. The number of rotatable bonds is 2. The zero-order valence-electron chi connectivity index (χ0n) is 10.3. The molecular formula is C14H12N2OS2. The van der Waals surface area contributed by atoms with Crippen molar-refractivity contribution in [3.05, 3.63) is 50.8 Å². The summed E-state index contributed by atoms with van der Waals surface area (Å²) in [6.07, 6.45) is 0. The Labute approximate surface area is 119 Å². The average Bonchev–Trinajstić information content (AvgIpc) is 2.93. The van der Waals surface area contributed by atoms with E-state index in [-0.39, 0.29) is 5.56 Å². The van der Waals surface area contributed by atoms with Crippen LogP contribution in [-0.2, 0) is 6.54 Å². The monoisotopic (exact) mass is 288 g/mol. The van der Waals surface area contributed by atoms with E-state index < -0.39 is 0 Å². The van der Waals surface area contributed by atoms with Gasteiger partial charge in [0, 0.05) is 11.4 Å². The first-order valence-corrected chi connectivity index (χ1v) is 7.30. The molecule has 0 aliphatic carbocycles. The molecular weight excluding hydrogens is 276 g/mol. The number of thiophene rings is 1. The SMILES string of the molecule is CCn1c(=S)[nH]c2ccc(-c3cccs3)cc2c1=O. The highest BCUT2D eigenvalue weighted by molar-refractivity contribution is 7.71. The van der Waals surface area contributed by atoms with Gasteiger partial charge in [0.2, 0.25) is 0 Å². The Balaban J connectivity index is 2.34. The number of aromatic amines is 1. The van der Waals surface area contributed by atoms with Gasteiger partial charge in [0.15, 0.2) is 4.77 Å². The van der Waals surface area contributed by atoms with Crippen molar-refractivity contribution >= 4 is 34.5 Å². The lowest BCUT2D eigenvalue weighted by atomic mass is 10.1. The van der Waals surface area contributed by atoms with Gasteiger partial charge in [0.1, 0.15) is 0 Å². The molecule has 0 aliphatic heterocycles. The van der Waals surface area contributed by atoms with E-state index in [0.29, 0.717) is 16.7 Å². The highest BCUT2D eigenvalue weighted by atomic mass is 32.1. The van der Waals surface area contributed by atoms with E-state index in [4.69, 9.17) is 12.2 Å². The molecule has 2 aromatic heterocycles. The standard InChI is InChI=1S/C14H12N2OS2/c1-2-16-13(17)10-8-9(12-4-3-7-19-12)5-6-11(10)15-14(16)18/h3-8H,2H2,1H3,(H,15,18). The van der Waals surface area contributed by atoms with Crippen LogP contribution >= 0.6 is 23.6 Å². The Kier molecular flexibility index (Phi) is 3.08. The average molecular weight is 288 g/mol. The summed E-state index contributed by atoms with van der Waals surface area (Å²) in [5.41, 5.74) is 1.83. The van der Waals surface area contributed by atoms with Crippen LogP contribution in [0.4, 0.5) is 0 Å². The molecule has 0 unspecified atom stereocenters. The Morgan fingerprint density at radius 2 is 2.21 bits per heavy atom. The predicted molar refractivity (Wildman–Crippen MR) is 82.4 cm³/mol. The molecule has 3 rings (SSSR count).